The number of nitrogens with one attached hydrogen (secondary N) is 1. The summed E-state index contributed by atoms with van der Waals surface area (Å²) in [6, 6.07) is 8.14. The van der Waals surface area contributed by atoms with Crippen molar-refractivity contribution in [2.75, 3.05) is 6.61 Å². The van der Waals surface area contributed by atoms with E-state index in [1.165, 1.54) is 4.57 Å². The number of H-pyrrole nitrogens is 1. The fraction of sp³-hybridized carbons (Fsp3) is 0.450. The molecule has 26 heavy (non-hydrogen) atoms. The highest BCUT2D eigenvalue weighted by molar-refractivity contribution is 5.42. The number of aromatic nitrogens is 2. The van der Waals surface area contributed by atoms with E-state index in [2.05, 4.69) is 11.1 Å². The second-order valence-electron chi connectivity index (χ2n) is 6.75. The first-order chi connectivity index (χ1) is 12.3. The van der Waals surface area contributed by atoms with Gasteiger partial charge in [-0.2, -0.15) is 5.26 Å². The van der Waals surface area contributed by atoms with Gasteiger partial charge in [0.25, 0.3) is 5.56 Å². The molecule has 0 spiro atoms. The second-order valence-corrected chi connectivity index (χ2v) is 6.75. The van der Waals surface area contributed by atoms with Crippen molar-refractivity contribution in [3.63, 3.8) is 0 Å². The highest BCUT2D eigenvalue weighted by Crippen LogP contribution is 2.29. The molecule has 1 atom stereocenters. The van der Waals surface area contributed by atoms with E-state index in [1.807, 2.05) is 52.8 Å². The molecule has 0 aliphatic carbocycles. The molecule has 138 valence electrons. The lowest BCUT2D eigenvalue weighted by Gasteiger charge is -2.22. The molecule has 0 bridgehead atoms. The molecule has 1 heterocycles. The monoisotopic (exact) mass is 355 g/mol. The number of ether oxygens (including phenoxy) is 1. The van der Waals surface area contributed by atoms with E-state index in [-0.39, 0.29) is 12.6 Å². The molecule has 1 aromatic heterocycles. The third kappa shape index (κ3) is 3.94. The zero-order valence-corrected chi connectivity index (χ0v) is 15.9. The number of hydrogen-bond acceptors (Lipinski definition) is 4. The number of aryl methyl sites for hydroxylation is 2. The van der Waals surface area contributed by atoms with Gasteiger partial charge in [-0.3, -0.25) is 14.3 Å². The van der Waals surface area contributed by atoms with Gasteiger partial charge in [-0.05, 0) is 32.3 Å². The van der Waals surface area contributed by atoms with Gasteiger partial charge in [0.2, 0.25) is 0 Å². The topological polar surface area (TPSA) is 87.9 Å². The van der Waals surface area contributed by atoms with Gasteiger partial charge >= 0.3 is 5.69 Å². The molecule has 6 heteroatoms. The minimum Gasteiger partial charge on any atom is -0.361 e. The molecule has 0 amide bonds. The van der Waals surface area contributed by atoms with Crippen LogP contribution in [-0.2, 0) is 11.5 Å². The number of hydrogen-bond donors (Lipinski definition) is 1. The lowest BCUT2D eigenvalue weighted by Crippen LogP contribution is -2.37. The maximum Gasteiger partial charge on any atom is 0.330 e. The minimum atomic E-state index is -0.735. The lowest BCUT2D eigenvalue weighted by atomic mass is 9.88. The maximum absolute atomic E-state index is 12.5. The Morgan fingerprint density at radius 1 is 1.19 bits per heavy atom. The van der Waals surface area contributed by atoms with Crippen LogP contribution in [0.4, 0.5) is 0 Å². The highest BCUT2D eigenvalue weighted by atomic mass is 16.5. The van der Waals surface area contributed by atoms with E-state index in [0.717, 1.165) is 16.7 Å². The fourth-order valence-electron chi connectivity index (χ4n) is 3.25. The van der Waals surface area contributed by atoms with Gasteiger partial charge in [0.15, 0.2) is 0 Å². The standard InChI is InChI=1S/C20H25N3O3/c1-6-26-11-23-18(17(12(2)3)19(24)22-20(23)25)16(10-21)15-8-13(4)7-14(5)9-15/h7-9,12,16H,6,11H2,1-5H3,(H,22,24,25). The number of nitrogens with zero attached hydrogens (tertiary/aromatic N) is 2. The second kappa shape index (κ2) is 8.15. The Kier molecular flexibility index (Phi) is 6.17. The molecule has 0 fully saturated rings. The Hall–Kier alpha value is -2.65. The predicted molar refractivity (Wildman–Crippen MR) is 100 cm³/mol. The van der Waals surface area contributed by atoms with Crippen LogP contribution in [0.15, 0.2) is 27.8 Å². The summed E-state index contributed by atoms with van der Waals surface area (Å²) in [6.07, 6.45) is 0. The molecule has 1 N–H and O–H groups in total. The molecule has 2 aromatic rings. The van der Waals surface area contributed by atoms with Crippen LogP contribution in [0.2, 0.25) is 0 Å². The quantitative estimate of drug-likeness (QED) is 0.863. The van der Waals surface area contributed by atoms with Gasteiger partial charge in [-0.15, -0.1) is 0 Å². The Bertz CT molecular complexity index is 928. The summed E-state index contributed by atoms with van der Waals surface area (Å²) in [5, 5.41) is 9.93. The molecule has 0 saturated carbocycles. The van der Waals surface area contributed by atoms with Crippen molar-refractivity contribution in [3.05, 3.63) is 67.0 Å². The van der Waals surface area contributed by atoms with Crippen molar-refractivity contribution < 1.29 is 4.74 Å². The Labute approximate surface area is 153 Å². The number of benzene rings is 1. The van der Waals surface area contributed by atoms with Crippen molar-refractivity contribution in [3.8, 4) is 6.07 Å². The first kappa shape index (κ1) is 19.7. The molecule has 1 unspecified atom stereocenters. The summed E-state index contributed by atoms with van der Waals surface area (Å²) in [5.74, 6) is -0.884. The van der Waals surface area contributed by atoms with Crippen LogP contribution >= 0.6 is 0 Å². The molecule has 6 nitrogen and oxygen atoms in total. The van der Waals surface area contributed by atoms with E-state index in [0.29, 0.717) is 17.9 Å². The molecular weight excluding hydrogens is 330 g/mol. The van der Waals surface area contributed by atoms with E-state index < -0.39 is 17.2 Å². The zero-order valence-electron chi connectivity index (χ0n) is 15.9. The zero-order chi connectivity index (χ0) is 19.4. The first-order valence-electron chi connectivity index (χ1n) is 8.72. The SMILES string of the molecule is CCOCn1c(C(C#N)c2cc(C)cc(C)c2)c(C(C)C)c(=O)[nH]c1=O. The number of rotatable bonds is 6. The normalized spacial score (nSPS) is 12.2. The van der Waals surface area contributed by atoms with Crippen molar-refractivity contribution in [1.82, 2.24) is 9.55 Å². The average Bonchev–Trinajstić information content (AvgIpc) is 2.53. The Morgan fingerprint density at radius 2 is 1.81 bits per heavy atom. The lowest BCUT2D eigenvalue weighted by molar-refractivity contribution is 0.0818. The summed E-state index contributed by atoms with van der Waals surface area (Å²) in [7, 11) is 0. The molecule has 0 aliphatic rings. The van der Waals surface area contributed by atoms with Crippen LogP contribution < -0.4 is 11.2 Å². The minimum absolute atomic E-state index is 0.00978. The molecule has 0 aliphatic heterocycles. The first-order valence-corrected chi connectivity index (χ1v) is 8.72. The summed E-state index contributed by atoms with van der Waals surface area (Å²) in [5.41, 5.74) is 2.65. The van der Waals surface area contributed by atoms with Crippen LogP contribution in [0.1, 0.15) is 60.6 Å². The largest absolute Gasteiger partial charge is 0.361 e. The third-order valence-corrected chi connectivity index (χ3v) is 4.26. The molecule has 0 radical (unpaired) electrons. The molecule has 0 saturated heterocycles. The van der Waals surface area contributed by atoms with Crippen molar-refractivity contribution in [2.45, 2.75) is 53.2 Å². The Morgan fingerprint density at radius 3 is 2.31 bits per heavy atom. The van der Waals surface area contributed by atoms with E-state index in [1.54, 1.807) is 0 Å². The van der Waals surface area contributed by atoms with Crippen molar-refractivity contribution in [1.29, 1.82) is 5.26 Å². The maximum atomic E-state index is 12.5. The van der Waals surface area contributed by atoms with Crippen LogP contribution in [0.5, 0.6) is 0 Å². The van der Waals surface area contributed by atoms with Gasteiger partial charge in [0, 0.05) is 12.2 Å². The van der Waals surface area contributed by atoms with E-state index in [9.17, 15) is 14.9 Å². The third-order valence-electron chi connectivity index (χ3n) is 4.26. The number of aromatic amines is 1. The van der Waals surface area contributed by atoms with Crippen LogP contribution in [-0.4, -0.2) is 16.2 Å². The van der Waals surface area contributed by atoms with Gasteiger partial charge in [-0.1, -0.05) is 43.2 Å². The predicted octanol–water partition coefficient (Wildman–Crippen LogP) is 2.93. The van der Waals surface area contributed by atoms with Crippen LogP contribution in [0.25, 0.3) is 0 Å². The van der Waals surface area contributed by atoms with Crippen molar-refractivity contribution >= 4 is 0 Å². The van der Waals surface area contributed by atoms with Gasteiger partial charge < -0.3 is 4.74 Å². The van der Waals surface area contributed by atoms with E-state index in [4.69, 9.17) is 4.74 Å². The van der Waals surface area contributed by atoms with Crippen LogP contribution in [0.3, 0.4) is 0 Å². The van der Waals surface area contributed by atoms with Gasteiger partial charge in [0.05, 0.1) is 11.8 Å². The smallest absolute Gasteiger partial charge is 0.330 e. The molecular formula is C20H25N3O3. The van der Waals surface area contributed by atoms with Gasteiger partial charge in [0.1, 0.15) is 12.6 Å². The summed E-state index contributed by atoms with van der Waals surface area (Å²) < 4.78 is 6.79. The van der Waals surface area contributed by atoms with Crippen molar-refractivity contribution in [2.24, 2.45) is 0 Å². The fourth-order valence-corrected chi connectivity index (χ4v) is 3.25. The summed E-state index contributed by atoms with van der Waals surface area (Å²) >= 11 is 0. The Balaban J connectivity index is 2.84. The highest BCUT2D eigenvalue weighted by Gasteiger charge is 2.26. The average molecular weight is 355 g/mol. The van der Waals surface area contributed by atoms with Crippen LogP contribution in [0, 0.1) is 25.2 Å². The van der Waals surface area contributed by atoms with E-state index >= 15 is 0 Å². The number of nitriles is 1. The molecule has 2 rings (SSSR count). The molecule has 1 aromatic carbocycles. The van der Waals surface area contributed by atoms with Gasteiger partial charge in [-0.25, -0.2) is 4.79 Å². The summed E-state index contributed by atoms with van der Waals surface area (Å²) in [4.78, 5) is 27.3. The summed E-state index contributed by atoms with van der Waals surface area (Å²) in [6.45, 7) is 9.90.